The number of rotatable bonds is 6. The second kappa shape index (κ2) is 6.48. The zero-order valence-electron chi connectivity index (χ0n) is 14.7. The number of ether oxygens (including phenoxy) is 1. The van der Waals surface area contributed by atoms with Crippen LogP contribution in [0.3, 0.4) is 0 Å². The van der Waals surface area contributed by atoms with Crippen molar-refractivity contribution < 1.29 is 13.2 Å². The molecule has 1 aromatic carbocycles. The highest BCUT2D eigenvalue weighted by Gasteiger charge is 2.27. The van der Waals surface area contributed by atoms with Gasteiger partial charge in [-0.1, -0.05) is 13.8 Å². The topological polar surface area (TPSA) is 71.2 Å². The fourth-order valence-electron chi connectivity index (χ4n) is 2.78. The predicted molar refractivity (Wildman–Crippen MR) is 102 cm³/mol. The van der Waals surface area contributed by atoms with Gasteiger partial charge in [-0.15, -0.1) is 11.3 Å². The number of hydrogen-bond donors (Lipinski definition) is 2. The Morgan fingerprint density at radius 2 is 2.00 bits per heavy atom. The average molecular weight is 379 g/mol. The van der Waals surface area contributed by atoms with E-state index in [0.717, 1.165) is 27.1 Å². The Morgan fingerprint density at radius 1 is 1.24 bits per heavy atom. The quantitative estimate of drug-likeness (QED) is 0.685. The third-order valence-electron chi connectivity index (χ3n) is 4.30. The van der Waals surface area contributed by atoms with E-state index in [2.05, 4.69) is 9.71 Å². The van der Waals surface area contributed by atoms with Crippen LogP contribution < -0.4 is 9.46 Å². The molecule has 0 aliphatic rings. The SMILES string of the molecule is COc1ccc2[nH]cc(C(C)(C)CNS(=O)(=O)c3ccc(C)s3)c2c1. The van der Waals surface area contributed by atoms with Crippen molar-refractivity contribution in [3.63, 3.8) is 0 Å². The number of benzene rings is 1. The molecular formula is C18H22N2O3S2. The summed E-state index contributed by atoms with van der Waals surface area (Å²) in [5.41, 5.74) is 1.66. The molecule has 3 aromatic rings. The number of nitrogens with one attached hydrogen (secondary N) is 2. The first-order chi connectivity index (χ1) is 11.7. The average Bonchev–Trinajstić information content (AvgIpc) is 3.19. The molecule has 134 valence electrons. The molecule has 2 N–H and O–H groups in total. The van der Waals surface area contributed by atoms with Gasteiger partial charge in [-0.2, -0.15) is 0 Å². The van der Waals surface area contributed by atoms with Crippen molar-refractivity contribution in [1.82, 2.24) is 9.71 Å². The van der Waals surface area contributed by atoms with Gasteiger partial charge < -0.3 is 9.72 Å². The Bertz CT molecular complexity index is 1000. The van der Waals surface area contributed by atoms with Gasteiger partial charge in [-0.3, -0.25) is 0 Å². The molecule has 0 atom stereocenters. The van der Waals surface area contributed by atoms with Crippen molar-refractivity contribution in [3.05, 3.63) is 47.0 Å². The molecule has 0 unspecified atom stereocenters. The van der Waals surface area contributed by atoms with Gasteiger partial charge in [0.15, 0.2) is 0 Å². The van der Waals surface area contributed by atoms with Crippen LogP contribution in [0, 0.1) is 6.92 Å². The van der Waals surface area contributed by atoms with Gasteiger partial charge in [0, 0.05) is 33.9 Å². The van der Waals surface area contributed by atoms with E-state index in [0.29, 0.717) is 10.8 Å². The van der Waals surface area contributed by atoms with Gasteiger partial charge in [0.05, 0.1) is 7.11 Å². The van der Waals surface area contributed by atoms with Gasteiger partial charge in [0.25, 0.3) is 0 Å². The normalized spacial score (nSPS) is 12.6. The van der Waals surface area contributed by atoms with E-state index in [1.807, 2.05) is 51.2 Å². The zero-order valence-corrected chi connectivity index (χ0v) is 16.3. The summed E-state index contributed by atoms with van der Waals surface area (Å²) in [6, 6.07) is 9.30. The van der Waals surface area contributed by atoms with Crippen molar-refractivity contribution in [2.75, 3.05) is 13.7 Å². The molecule has 0 saturated heterocycles. The maximum atomic E-state index is 12.5. The molecule has 2 heterocycles. The fourth-order valence-corrected chi connectivity index (χ4v) is 5.32. The fraction of sp³-hybridized carbons (Fsp3) is 0.333. The highest BCUT2D eigenvalue weighted by atomic mass is 32.2. The van der Waals surface area contributed by atoms with Gasteiger partial charge in [-0.05, 0) is 42.8 Å². The number of fused-ring (bicyclic) bond motifs is 1. The number of sulfonamides is 1. The number of aromatic amines is 1. The Kier molecular flexibility index (Phi) is 4.66. The van der Waals surface area contributed by atoms with Crippen LogP contribution in [-0.2, 0) is 15.4 Å². The first-order valence-corrected chi connectivity index (χ1v) is 10.2. The lowest BCUT2D eigenvalue weighted by Crippen LogP contribution is -2.36. The molecular weight excluding hydrogens is 356 g/mol. The van der Waals surface area contributed by atoms with Crippen LogP contribution in [0.1, 0.15) is 24.3 Å². The molecule has 7 heteroatoms. The number of hydrogen-bond acceptors (Lipinski definition) is 4. The molecule has 0 spiro atoms. The highest BCUT2D eigenvalue weighted by Crippen LogP contribution is 2.32. The Hall–Kier alpha value is -1.83. The second-order valence-electron chi connectivity index (χ2n) is 6.69. The molecule has 0 saturated carbocycles. The minimum Gasteiger partial charge on any atom is -0.497 e. The van der Waals surface area contributed by atoms with Crippen molar-refractivity contribution in [1.29, 1.82) is 0 Å². The number of aryl methyl sites for hydroxylation is 1. The Balaban J connectivity index is 1.87. The van der Waals surface area contributed by atoms with Crippen LogP contribution >= 0.6 is 11.3 Å². The van der Waals surface area contributed by atoms with Crippen molar-refractivity contribution in [3.8, 4) is 5.75 Å². The van der Waals surface area contributed by atoms with E-state index >= 15 is 0 Å². The van der Waals surface area contributed by atoms with E-state index in [9.17, 15) is 8.42 Å². The molecule has 0 aliphatic heterocycles. The lowest BCUT2D eigenvalue weighted by Gasteiger charge is -2.24. The van der Waals surface area contributed by atoms with Crippen LogP contribution in [-0.4, -0.2) is 27.1 Å². The maximum Gasteiger partial charge on any atom is 0.250 e. The van der Waals surface area contributed by atoms with E-state index in [4.69, 9.17) is 4.74 Å². The third-order valence-corrected chi connectivity index (χ3v) is 7.20. The Labute approximate surface area is 152 Å². The number of H-pyrrole nitrogens is 1. The monoisotopic (exact) mass is 378 g/mol. The van der Waals surface area contributed by atoms with Crippen molar-refractivity contribution in [2.45, 2.75) is 30.4 Å². The molecule has 3 rings (SSSR count). The number of methoxy groups -OCH3 is 1. The van der Waals surface area contributed by atoms with Gasteiger partial charge >= 0.3 is 0 Å². The largest absolute Gasteiger partial charge is 0.497 e. The smallest absolute Gasteiger partial charge is 0.250 e. The summed E-state index contributed by atoms with van der Waals surface area (Å²) in [4.78, 5) is 4.22. The highest BCUT2D eigenvalue weighted by molar-refractivity contribution is 7.91. The summed E-state index contributed by atoms with van der Waals surface area (Å²) >= 11 is 1.28. The summed E-state index contributed by atoms with van der Waals surface area (Å²) in [6.07, 6.45) is 1.94. The maximum absolute atomic E-state index is 12.5. The number of thiophene rings is 1. The van der Waals surface area contributed by atoms with Gasteiger partial charge in [-0.25, -0.2) is 13.1 Å². The summed E-state index contributed by atoms with van der Waals surface area (Å²) in [5, 5.41) is 1.04. The van der Waals surface area contributed by atoms with Gasteiger partial charge in [0.1, 0.15) is 9.96 Å². The first-order valence-electron chi connectivity index (χ1n) is 7.95. The lowest BCUT2D eigenvalue weighted by molar-refractivity contribution is 0.415. The zero-order chi connectivity index (χ0) is 18.2. The van der Waals surface area contributed by atoms with Crippen molar-refractivity contribution in [2.24, 2.45) is 0 Å². The molecule has 0 amide bonds. The minimum atomic E-state index is -3.50. The lowest BCUT2D eigenvalue weighted by atomic mass is 9.84. The van der Waals surface area contributed by atoms with Crippen LogP contribution in [0.2, 0.25) is 0 Å². The first kappa shape index (κ1) is 18.0. The van der Waals surface area contributed by atoms with E-state index in [1.54, 1.807) is 13.2 Å². The summed E-state index contributed by atoms with van der Waals surface area (Å²) in [5.74, 6) is 0.777. The van der Waals surface area contributed by atoms with Gasteiger partial charge in [0.2, 0.25) is 10.0 Å². The van der Waals surface area contributed by atoms with Crippen LogP contribution in [0.5, 0.6) is 5.75 Å². The number of aromatic nitrogens is 1. The Morgan fingerprint density at radius 3 is 2.64 bits per heavy atom. The molecule has 25 heavy (non-hydrogen) atoms. The van der Waals surface area contributed by atoms with E-state index in [1.165, 1.54) is 11.3 Å². The molecule has 0 aliphatic carbocycles. The predicted octanol–water partition coefficient (Wildman–Crippen LogP) is 3.80. The molecule has 5 nitrogen and oxygen atoms in total. The van der Waals surface area contributed by atoms with Crippen molar-refractivity contribution >= 4 is 32.3 Å². The molecule has 0 bridgehead atoms. The minimum absolute atomic E-state index is 0.302. The third kappa shape index (κ3) is 3.58. The summed E-state index contributed by atoms with van der Waals surface area (Å²) < 4.78 is 33.4. The van der Waals surface area contributed by atoms with E-state index in [-0.39, 0.29) is 5.41 Å². The van der Waals surface area contributed by atoms with Crippen LogP contribution in [0.4, 0.5) is 0 Å². The molecule has 2 aromatic heterocycles. The van der Waals surface area contributed by atoms with E-state index < -0.39 is 10.0 Å². The molecule has 0 radical (unpaired) electrons. The van der Waals surface area contributed by atoms with Crippen LogP contribution in [0.15, 0.2) is 40.7 Å². The second-order valence-corrected chi connectivity index (χ2v) is 9.97. The van der Waals surface area contributed by atoms with Crippen LogP contribution in [0.25, 0.3) is 10.9 Å². The standard InChI is InChI=1S/C18H22N2O3S2/c1-12-5-8-17(24-12)25(21,22)20-11-18(2,3)15-10-19-16-7-6-13(23-4)9-14(15)16/h5-10,19-20H,11H2,1-4H3. The summed E-state index contributed by atoms with van der Waals surface area (Å²) in [7, 11) is -1.86. The molecule has 0 fully saturated rings. The summed E-state index contributed by atoms with van der Waals surface area (Å²) in [6.45, 7) is 6.25.